The fraction of sp³-hybridized carbons (Fsp3) is 0.792. The summed E-state index contributed by atoms with van der Waals surface area (Å²) in [5.41, 5.74) is 0. The van der Waals surface area contributed by atoms with E-state index in [2.05, 4.69) is 37.4 Å². The number of aliphatic hydroxyl groups is 3. The molecule has 0 aromatic rings. The van der Waals surface area contributed by atoms with Crippen LogP contribution in [0.4, 0.5) is 0 Å². The van der Waals surface area contributed by atoms with Crippen LogP contribution < -0.4 is 0 Å². The molecule has 0 bridgehead atoms. The van der Waals surface area contributed by atoms with Gasteiger partial charge >= 0.3 is 19.8 Å². The number of phosphoric ester groups is 1. The van der Waals surface area contributed by atoms with Gasteiger partial charge in [-0.15, -0.1) is 0 Å². The largest absolute Gasteiger partial charge is 0.472 e. The first kappa shape index (κ1) is 57.9. The molecule has 12 heteroatoms. The topological polar surface area (TPSA) is 169 Å². The average molecular weight is 871 g/mol. The van der Waals surface area contributed by atoms with Gasteiger partial charge in [0.15, 0.2) is 6.10 Å². The molecule has 0 aliphatic carbocycles. The van der Waals surface area contributed by atoms with Crippen LogP contribution >= 0.6 is 7.82 Å². The molecule has 0 spiro atoms. The van der Waals surface area contributed by atoms with E-state index in [0.717, 1.165) is 63.7 Å². The van der Waals surface area contributed by atoms with E-state index in [1.807, 2.05) is 36.5 Å². The molecule has 0 saturated heterocycles. The number of phosphoric acid groups is 1. The van der Waals surface area contributed by atoms with Crippen LogP contribution in [0.25, 0.3) is 0 Å². The number of carbonyl (C=O) groups excluding carboxylic acids is 2. The zero-order chi connectivity index (χ0) is 44.4. The molecule has 0 aliphatic heterocycles. The molecule has 0 aromatic carbocycles. The Labute approximate surface area is 365 Å². The van der Waals surface area contributed by atoms with Crippen molar-refractivity contribution in [2.24, 2.45) is 5.92 Å². The molecule has 0 radical (unpaired) electrons. The maximum atomic E-state index is 12.6. The van der Waals surface area contributed by atoms with E-state index in [4.69, 9.17) is 19.1 Å². The van der Waals surface area contributed by atoms with Gasteiger partial charge in [0.1, 0.15) is 12.7 Å². The van der Waals surface area contributed by atoms with Gasteiger partial charge in [-0.25, -0.2) is 4.57 Å². The average Bonchev–Trinajstić information content (AvgIpc) is 3.22. The van der Waals surface area contributed by atoms with Gasteiger partial charge in [0.25, 0.3) is 0 Å². The molecule has 0 amide bonds. The predicted molar refractivity (Wildman–Crippen MR) is 243 cm³/mol. The molecule has 60 heavy (non-hydrogen) atoms. The van der Waals surface area contributed by atoms with Crippen molar-refractivity contribution in [3.63, 3.8) is 0 Å². The summed E-state index contributed by atoms with van der Waals surface area (Å²) >= 11 is 0. The summed E-state index contributed by atoms with van der Waals surface area (Å²) in [4.78, 5) is 35.1. The van der Waals surface area contributed by atoms with E-state index in [0.29, 0.717) is 19.3 Å². The summed E-state index contributed by atoms with van der Waals surface area (Å²) in [6.45, 7) is 4.54. The lowest BCUT2D eigenvalue weighted by molar-refractivity contribution is -0.161. The molecular formula is C48H87O11P. The van der Waals surface area contributed by atoms with Crippen molar-refractivity contribution in [1.82, 2.24) is 0 Å². The molecule has 0 fully saturated rings. The fourth-order valence-electron chi connectivity index (χ4n) is 6.34. The third-order valence-corrected chi connectivity index (χ3v) is 11.0. The maximum Gasteiger partial charge on any atom is 0.472 e. The zero-order valence-corrected chi connectivity index (χ0v) is 38.8. The summed E-state index contributed by atoms with van der Waals surface area (Å²) in [6, 6.07) is 0. The molecule has 11 nitrogen and oxygen atoms in total. The molecular weight excluding hydrogens is 783 g/mol. The van der Waals surface area contributed by atoms with E-state index in [1.54, 1.807) is 0 Å². The van der Waals surface area contributed by atoms with E-state index in [-0.39, 0.29) is 19.4 Å². The Hall–Kier alpha value is -2.11. The van der Waals surface area contributed by atoms with E-state index in [9.17, 15) is 29.3 Å². The number of ether oxygens (including phenoxy) is 2. The van der Waals surface area contributed by atoms with Crippen molar-refractivity contribution >= 4 is 19.8 Å². The highest BCUT2D eigenvalue weighted by atomic mass is 31.2. The highest BCUT2D eigenvalue weighted by Crippen LogP contribution is 2.43. The van der Waals surface area contributed by atoms with Gasteiger partial charge in [-0.05, 0) is 44.4 Å². The van der Waals surface area contributed by atoms with Gasteiger partial charge in [-0.3, -0.25) is 18.6 Å². The van der Waals surface area contributed by atoms with Crippen molar-refractivity contribution < 1.29 is 52.9 Å². The second kappa shape index (κ2) is 42.2. The lowest BCUT2D eigenvalue weighted by Crippen LogP contribution is -2.29. The van der Waals surface area contributed by atoms with Crippen LogP contribution in [0.5, 0.6) is 0 Å². The van der Waals surface area contributed by atoms with Gasteiger partial charge in [0.05, 0.1) is 25.9 Å². The van der Waals surface area contributed by atoms with Gasteiger partial charge in [0.2, 0.25) is 0 Å². The zero-order valence-electron chi connectivity index (χ0n) is 37.9. The van der Waals surface area contributed by atoms with Crippen molar-refractivity contribution in [2.75, 3.05) is 26.4 Å². The first-order chi connectivity index (χ1) is 29.0. The summed E-state index contributed by atoms with van der Waals surface area (Å²) in [5, 5.41) is 28.3. The van der Waals surface area contributed by atoms with Crippen LogP contribution in [0.15, 0.2) is 48.6 Å². The summed E-state index contributed by atoms with van der Waals surface area (Å²) in [6.07, 6.45) is 41.3. The molecule has 0 saturated carbocycles. The van der Waals surface area contributed by atoms with Gasteiger partial charge in [0, 0.05) is 12.8 Å². The number of hydrogen-bond acceptors (Lipinski definition) is 10. The lowest BCUT2D eigenvalue weighted by atomic mass is 10.0. The smallest absolute Gasteiger partial charge is 0.462 e. The number of rotatable bonds is 43. The molecule has 4 N–H and O–H groups in total. The van der Waals surface area contributed by atoms with Crippen LogP contribution in [0.2, 0.25) is 0 Å². The molecule has 1 unspecified atom stereocenters. The minimum atomic E-state index is -4.65. The number of aliphatic hydroxyl groups excluding tert-OH is 3. The third-order valence-electron chi connectivity index (χ3n) is 10.0. The van der Waals surface area contributed by atoms with Crippen molar-refractivity contribution in [1.29, 1.82) is 0 Å². The van der Waals surface area contributed by atoms with E-state index < -0.39 is 57.9 Å². The number of esters is 2. The number of unbranched alkanes of at least 4 members (excludes halogenated alkanes) is 18. The minimum absolute atomic E-state index is 0.0884. The highest BCUT2D eigenvalue weighted by Gasteiger charge is 2.27. The SMILES string of the molecule is CCCCC[C@H](O)/C=C/C=C\C/C=C\C/C=C\CCCC(=O)O[C@H](COC(=O)CCCCCCCCCCCCCCCCCCC(C)C)COP(=O)(O)OC[C@@H](O)CO. The quantitative estimate of drug-likeness (QED) is 0.0151. The van der Waals surface area contributed by atoms with Crippen LogP contribution in [-0.2, 0) is 32.7 Å². The lowest BCUT2D eigenvalue weighted by Gasteiger charge is -2.20. The standard InChI is InChI=1S/C48H87O11P/c1-4-5-29-35-44(50)36-31-26-22-18-14-12-16-20-24-28-33-38-48(53)59-46(42-58-60(54,55)57-40-45(51)39-49)41-56-47(52)37-32-27-23-19-15-11-9-7-6-8-10-13-17-21-25-30-34-43(2)3/h12,14,20,22,24,26,31,36,43-46,49-51H,4-11,13,15-19,21,23,25,27-30,32-35,37-42H2,1-3H3,(H,54,55)/b14-12-,24-20-,26-22-,36-31+/t44-,45-,46+/m0/s1. The summed E-state index contributed by atoms with van der Waals surface area (Å²) in [5.74, 6) is -0.183. The molecule has 0 aliphatic rings. The van der Waals surface area contributed by atoms with Crippen molar-refractivity contribution in [2.45, 2.75) is 212 Å². The van der Waals surface area contributed by atoms with Crippen LogP contribution in [0.3, 0.4) is 0 Å². The Bertz CT molecular complexity index is 1170. The Morgan fingerprint density at radius 3 is 1.70 bits per heavy atom. The van der Waals surface area contributed by atoms with E-state index >= 15 is 0 Å². The number of carbonyl (C=O) groups is 2. The molecule has 0 aromatic heterocycles. The predicted octanol–water partition coefficient (Wildman–Crippen LogP) is 11.7. The van der Waals surface area contributed by atoms with Gasteiger partial charge < -0.3 is 29.7 Å². The molecule has 0 heterocycles. The van der Waals surface area contributed by atoms with E-state index in [1.165, 1.54) is 83.5 Å². The first-order valence-electron chi connectivity index (χ1n) is 23.6. The van der Waals surface area contributed by atoms with Crippen molar-refractivity contribution in [3.05, 3.63) is 48.6 Å². The summed E-state index contributed by atoms with van der Waals surface area (Å²) in [7, 11) is -4.65. The monoisotopic (exact) mass is 871 g/mol. The third kappa shape index (κ3) is 42.6. The first-order valence-corrected chi connectivity index (χ1v) is 25.1. The minimum Gasteiger partial charge on any atom is -0.462 e. The van der Waals surface area contributed by atoms with Crippen LogP contribution in [0.1, 0.15) is 194 Å². The van der Waals surface area contributed by atoms with Gasteiger partial charge in [-0.2, -0.15) is 0 Å². The Morgan fingerprint density at radius 1 is 0.600 bits per heavy atom. The number of allylic oxidation sites excluding steroid dienone is 7. The summed E-state index contributed by atoms with van der Waals surface area (Å²) < 4.78 is 32.7. The Balaban J connectivity index is 4.35. The highest BCUT2D eigenvalue weighted by molar-refractivity contribution is 7.47. The number of hydrogen-bond donors (Lipinski definition) is 4. The van der Waals surface area contributed by atoms with Crippen LogP contribution in [-0.4, -0.2) is 76.9 Å². The molecule has 350 valence electrons. The Morgan fingerprint density at radius 2 is 1.12 bits per heavy atom. The molecule has 4 atom stereocenters. The molecule has 0 rings (SSSR count). The van der Waals surface area contributed by atoms with Crippen LogP contribution in [0, 0.1) is 5.92 Å². The van der Waals surface area contributed by atoms with Crippen molar-refractivity contribution in [3.8, 4) is 0 Å². The second-order valence-corrected chi connectivity index (χ2v) is 17.9. The normalized spacial score (nSPS) is 14.8. The fourth-order valence-corrected chi connectivity index (χ4v) is 7.13. The van der Waals surface area contributed by atoms with Gasteiger partial charge in [-0.1, -0.05) is 191 Å². The second-order valence-electron chi connectivity index (χ2n) is 16.5. The Kier molecular flexibility index (Phi) is 40.7. The maximum absolute atomic E-state index is 12.6.